The van der Waals surface area contributed by atoms with Crippen LogP contribution >= 0.6 is 0 Å². The van der Waals surface area contributed by atoms with Crippen molar-refractivity contribution < 1.29 is 17.7 Å². The zero-order valence-corrected chi connectivity index (χ0v) is 19.0. The van der Waals surface area contributed by atoms with E-state index in [-0.39, 0.29) is 16.8 Å². The van der Waals surface area contributed by atoms with Gasteiger partial charge in [0.2, 0.25) is 15.9 Å². The second kappa shape index (κ2) is 9.10. The lowest BCUT2D eigenvalue weighted by Gasteiger charge is -2.33. The Hall–Kier alpha value is -2.23. The Labute approximate surface area is 183 Å². The standard InChI is InChI=1S/C22H30N4O4S/c1-17-21(18(2)30-23-17)31(28,29)26-14-8-13-24(15-16-26)20(19-9-4-3-5-10-19)22(27)25-11-6-7-12-25/h3-5,9-10,20H,6-8,11-16H2,1-2H3/t20-/m1/s1. The molecule has 0 N–H and O–H groups in total. The number of likely N-dealkylation sites (tertiary alicyclic amines) is 1. The number of aromatic nitrogens is 1. The number of carbonyl (C=O) groups excluding carboxylic acids is 1. The average Bonchev–Trinajstić information content (AvgIpc) is 3.33. The minimum Gasteiger partial charge on any atom is -0.360 e. The summed E-state index contributed by atoms with van der Waals surface area (Å²) in [6.07, 6.45) is 2.73. The van der Waals surface area contributed by atoms with Crippen molar-refractivity contribution in [2.75, 3.05) is 39.3 Å². The molecule has 1 aromatic heterocycles. The maximum absolute atomic E-state index is 13.4. The van der Waals surface area contributed by atoms with E-state index in [0.717, 1.165) is 31.5 Å². The largest absolute Gasteiger partial charge is 0.360 e. The van der Waals surface area contributed by atoms with Crippen LogP contribution in [0.5, 0.6) is 0 Å². The third-order valence-electron chi connectivity index (χ3n) is 6.19. The molecule has 0 unspecified atom stereocenters. The Kier molecular flexibility index (Phi) is 6.45. The normalized spacial score (nSPS) is 20.0. The first-order valence-corrected chi connectivity index (χ1v) is 12.3. The third kappa shape index (κ3) is 4.40. The van der Waals surface area contributed by atoms with Gasteiger partial charge in [-0.1, -0.05) is 35.5 Å². The highest BCUT2D eigenvalue weighted by Gasteiger charge is 2.36. The predicted octanol–water partition coefficient (Wildman–Crippen LogP) is 2.35. The van der Waals surface area contributed by atoms with Crippen LogP contribution in [-0.4, -0.2) is 72.9 Å². The van der Waals surface area contributed by atoms with E-state index in [1.165, 1.54) is 4.31 Å². The number of hydrogen-bond donors (Lipinski definition) is 0. The van der Waals surface area contributed by atoms with Gasteiger partial charge in [0, 0.05) is 39.3 Å². The molecule has 9 heteroatoms. The molecule has 3 heterocycles. The van der Waals surface area contributed by atoms with E-state index in [1.54, 1.807) is 13.8 Å². The number of amides is 1. The van der Waals surface area contributed by atoms with E-state index in [0.29, 0.717) is 44.1 Å². The average molecular weight is 447 g/mol. The van der Waals surface area contributed by atoms with Gasteiger partial charge in [-0.3, -0.25) is 9.69 Å². The minimum absolute atomic E-state index is 0.116. The molecule has 2 aliphatic heterocycles. The lowest BCUT2D eigenvalue weighted by Crippen LogP contribution is -2.43. The molecule has 2 saturated heterocycles. The van der Waals surface area contributed by atoms with Crippen LogP contribution < -0.4 is 0 Å². The summed E-state index contributed by atoms with van der Waals surface area (Å²) in [5.41, 5.74) is 1.34. The maximum Gasteiger partial charge on any atom is 0.248 e. The Morgan fingerprint density at radius 2 is 1.68 bits per heavy atom. The molecule has 8 nitrogen and oxygen atoms in total. The summed E-state index contributed by atoms with van der Waals surface area (Å²) in [6.45, 7) is 6.73. The topological polar surface area (TPSA) is 87.0 Å². The molecule has 31 heavy (non-hydrogen) atoms. The summed E-state index contributed by atoms with van der Waals surface area (Å²) in [4.78, 5) is 17.7. The summed E-state index contributed by atoms with van der Waals surface area (Å²) in [5.74, 6) is 0.427. The van der Waals surface area contributed by atoms with Crippen molar-refractivity contribution in [3.8, 4) is 0 Å². The summed E-state index contributed by atoms with van der Waals surface area (Å²) in [6, 6.07) is 9.43. The van der Waals surface area contributed by atoms with Gasteiger partial charge in [-0.25, -0.2) is 8.42 Å². The van der Waals surface area contributed by atoms with Crippen LogP contribution in [0.4, 0.5) is 0 Å². The molecule has 4 rings (SSSR count). The first kappa shape index (κ1) is 22.0. The first-order chi connectivity index (χ1) is 14.9. The van der Waals surface area contributed by atoms with Crippen LogP contribution in [0.25, 0.3) is 0 Å². The van der Waals surface area contributed by atoms with Gasteiger partial charge in [-0.15, -0.1) is 0 Å². The Morgan fingerprint density at radius 1 is 0.968 bits per heavy atom. The van der Waals surface area contributed by atoms with Crippen LogP contribution in [0, 0.1) is 13.8 Å². The van der Waals surface area contributed by atoms with Crippen molar-refractivity contribution in [1.82, 2.24) is 19.3 Å². The molecule has 2 fully saturated rings. The number of sulfonamides is 1. The number of rotatable bonds is 5. The third-order valence-corrected chi connectivity index (χ3v) is 8.33. The van der Waals surface area contributed by atoms with Gasteiger partial charge in [-0.05, 0) is 38.7 Å². The first-order valence-electron chi connectivity index (χ1n) is 10.9. The van der Waals surface area contributed by atoms with Gasteiger partial charge >= 0.3 is 0 Å². The lowest BCUT2D eigenvalue weighted by atomic mass is 10.0. The molecular formula is C22H30N4O4S. The zero-order valence-electron chi connectivity index (χ0n) is 18.2. The van der Waals surface area contributed by atoms with E-state index in [9.17, 15) is 13.2 Å². The Bertz CT molecular complexity index is 996. The van der Waals surface area contributed by atoms with Crippen molar-refractivity contribution >= 4 is 15.9 Å². The van der Waals surface area contributed by atoms with Crippen LogP contribution in [0.15, 0.2) is 39.8 Å². The van der Waals surface area contributed by atoms with Crippen molar-refractivity contribution in [3.05, 3.63) is 47.3 Å². The molecule has 0 radical (unpaired) electrons. The highest BCUT2D eigenvalue weighted by molar-refractivity contribution is 7.89. The molecular weight excluding hydrogens is 416 g/mol. The molecule has 1 amide bonds. The van der Waals surface area contributed by atoms with Gasteiger partial charge < -0.3 is 9.42 Å². The fourth-order valence-corrected chi connectivity index (χ4v) is 6.40. The molecule has 0 aliphatic carbocycles. The molecule has 0 saturated carbocycles. The predicted molar refractivity (Wildman–Crippen MR) is 116 cm³/mol. The zero-order chi connectivity index (χ0) is 22.0. The summed E-state index contributed by atoms with van der Waals surface area (Å²) < 4.78 is 33.1. The SMILES string of the molecule is Cc1noc(C)c1S(=O)(=O)N1CCCN([C@@H](C(=O)N2CCCC2)c2ccccc2)CC1. The van der Waals surface area contributed by atoms with Gasteiger partial charge in [-0.2, -0.15) is 4.31 Å². The van der Waals surface area contributed by atoms with Crippen molar-refractivity contribution in [3.63, 3.8) is 0 Å². The van der Waals surface area contributed by atoms with Gasteiger partial charge in [0.1, 0.15) is 16.6 Å². The summed E-state index contributed by atoms with van der Waals surface area (Å²) >= 11 is 0. The molecule has 168 valence electrons. The quantitative estimate of drug-likeness (QED) is 0.701. The van der Waals surface area contributed by atoms with E-state index in [4.69, 9.17) is 4.52 Å². The monoisotopic (exact) mass is 446 g/mol. The fourth-order valence-electron chi connectivity index (χ4n) is 4.64. The second-order valence-corrected chi connectivity index (χ2v) is 10.2. The van der Waals surface area contributed by atoms with Gasteiger partial charge in [0.15, 0.2) is 5.76 Å². The highest BCUT2D eigenvalue weighted by atomic mass is 32.2. The van der Waals surface area contributed by atoms with Crippen LogP contribution in [-0.2, 0) is 14.8 Å². The molecule has 0 spiro atoms. The number of aryl methyl sites for hydroxylation is 2. The van der Waals surface area contributed by atoms with Crippen LogP contribution in [0.2, 0.25) is 0 Å². The molecule has 1 atom stereocenters. The summed E-state index contributed by atoms with van der Waals surface area (Å²) in [5, 5.41) is 3.81. The van der Waals surface area contributed by atoms with Crippen molar-refractivity contribution in [2.24, 2.45) is 0 Å². The maximum atomic E-state index is 13.4. The minimum atomic E-state index is -3.70. The van der Waals surface area contributed by atoms with Crippen molar-refractivity contribution in [2.45, 2.75) is 44.0 Å². The molecule has 0 bridgehead atoms. The molecule has 2 aromatic rings. The van der Waals surface area contributed by atoms with Gasteiger partial charge in [0.25, 0.3) is 0 Å². The van der Waals surface area contributed by atoms with Gasteiger partial charge in [0.05, 0.1) is 0 Å². The number of carbonyl (C=O) groups is 1. The van der Waals surface area contributed by atoms with Crippen molar-refractivity contribution in [1.29, 1.82) is 0 Å². The molecule has 2 aliphatic rings. The summed E-state index contributed by atoms with van der Waals surface area (Å²) in [7, 11) is -3.70. The number of hydrogen-bond acceptors (Lipinski definition) is 6. The lowest BCUT2D eigenvalue weighted by molar-refractivity contribution is -0.136. The van der Waals surface area contributed by atoms with E-state index in [2.05, 4.69) is 10.1 Å². The Balaban J connectivity index is 1.57. The van der Waals surface area contributed by atoms with E-state index >= 15 is 0 Å². The Morgan fingerprint density at radius 3 is 2.32 bits per heavy atom. The molecule has 1 aromatic carbocycles. The van der Waals surface area contributed by atoms with Crippen LogP contribution in [0.1, 0.15) is 42.3 Å². The smallest absolute Gasteiger partial charge is 0.248 e. The van der Waals surface area contributed by atoms with Crippen LogP contribution in [0.3, 0.4) is 0 Å². The highest BCUT2D eigenvalue weighted by Crippen LogP contribution is 2.29. The number of nitrogens with zero attached hydrogens (tertiary/aromatic N) is 4. The van der Waals surface area contributed by atoms with E-state index < -0.39 is 10.0 Å². The van der Waals surface area contributed by atoms with E-state index in [1.807, 2.05) is 35.2 Å². The second-order valence-electron chi connectivity index (χ2n) is 8.29. The fraction of sp³-hybridized carbons (Fsp3) is 0.545. The number of benzene rings is 1.